The lowest BCUT2D eigenvalue weighted by Crippen LogP contribution is -2.17. The van der Waals surface area contributed by atoms with Gasteiger partial charge in [0.2, 0.25) is 0 Å². The Morgan fingerprint density at radius 1 is 0.533 bits per heavy atom. The Morgan fingerprint density at radius 2 is 0.933 bits per heavy atom. The van der Waals surface area contributed by atoms with Gasteiger partial charge in [0, 0.05) is 35.6 Å². The minimum atomic E-state index is -0.0135. The molecule has 4 rings (SSSR count). The molecule has 4 nitrogen and oxygen atoms in total. The third-order valence-electron chi connectivity index (χ3n) is 5.30. The number of methoxy groups -OCH3 is 2. The van der Waals surface area contributed by atoms with Crippen LogP contribution in [-0.4, -0.2) is 24.2 Å². The number of hydrogen-bond donors (Lipinski definition) is 0. The van der Waals surface area contributed by atoms with E-state index in [4.69, 9.17) is 19.4 Å². The van der Waals surface area contributed by atoms with E-state index in [2.05, 4.69) is 36.4 Å². The number of benzene rings is 2. The molecule has 30 heavy (non-hydrogen) atoms. The van der Waals surface area contributed by atoms with Crippen LogP contribution in [0.3, 0.4) is 0 Å². The minimum Gasteiger partial charge on any atom is -0.497 e. The lowest BCUT2D eigenvalue weighted by Gasteiger charge is -2.28. The van der Waals surface area contributed by atoms with E-state index in [0.717, 1.165) is 34.0 Å². The lowest BCUT2D eigenvalue weighted by molar-refractivity contribution is 0.414. The van der Waals surface area contributed by atoms with Gasteiger partial charge in [-0.1, -0.05) is 36.4 Å². The highest BCUT2D eigenvalue weighted by Crippen LogP contribution is 2.42. The maximum atomic E-state index is 5.37. The first-order chi connectivity index (χ1) is 14.8. The number of nitrogens with zero attached hydrogens (tertiary/aromatic N) is 2. The van der Waals surface area contributed by atoms with Gasteiger partial charge in [0.25, 0.3) is 0 Å². The summed E-state index contributed by atoms with van der Waals surface area (Å²) in [5.41, 5.74) is 4.30. The second-order valence-corrected chi connectivity index (χ2v) is 7.01. The molecule has 0 spiro atoms. The number of aromatic nitrogens is 2. The highest BCUT2D eigenvalue weighted by molar-refractivity contribution is 5.43. The minimum absolute atomic E-state index is 0.0135. The highest BCUT2D eigenvalue weighted by atomic mass is 16.5. The van der Waals surface area contributed by atoms with E-state index in [-0.39, 0.29) is 11.8 Å². The van der Waals surface area contributed by atoms with Crippen LogP contribution in [0.15, 0.2) is 97.3 Å². The van der Waals surface area contributed by atoms with Gasteiger partial charge in [-0.3, -0.25) is 9.97 Å². The summed E-state index contributed by atoms with van der Waals surface area (Å²) >= 11 is 0. The summed E-state index contributed by atoms with van der Waals surface area (Å²) in [6.07, 6.45) is 3.69. The topological polar surface area (TPSA) is 44.2 Å². The van der Waals surface area contributed by atoms with Crippen molar-refractivity contribution in [3.8, 4) is 11.5 Å². The zero-order chi connectivity index (χ0) is 20.8. The second-order valence-electron chi connectivity index (χ2n) is 7.01. The van der Waals surface area contributed by atoms with E-state index in [1.54, 1.807) is 14.2 Å². The van der Waals surface area contributed by atoms with Gasteiger partial charge in [0.1, 0.15) is 11.5 Å². The molecule has 0 aliphatic rings. The maximum absolute atomic E-state index is 5.37. The molecule has 2 aromatic carbocycles. The number of pyridine rings is 2. The predicted octanol–water partition coefficient (Wildman–Crippen LogP) is 5.46. The molecule has 2 atom stereocenters. The Labute approximate surface area is 177 Å². The average Bonchev–Trinajstić information content (AvgIpc) is 2.84. The molecule has 4 heteroatoms. The molecule has 0 aliphatic heterocycles. The molecule has 0 amide bonds. The molecule has 2 aromatic heterocycles. The van der Waals surface area contributed by atoms with E-state index >= 15 is 0 Å². The SMILES string of the molecule is COc1ccc([C@H](c2ccccn2)[C@@H](c2ccc(OC)cc2)c2ccccn2)cc1. The molecule has 0 radical (unpaired) electrons. The van der Waals surface area contributed by atoms with Crippen molar-refractivity contribution in [1.82, 2.24) is 9.97 Å². The summed E-state index contributed by atoms with van der Waals surface area (Å²) in [5, 5.41) is 0. The predicted molar refractivity (Wildman–Crippen MR) is 118 cm³/mol. The van der Waals surface area contributed by atoms with Crippen molar-refractivity contribution in [3.05, 3.63) is 120 Å². The fourth-order valence-electron chi connectivity index (χ4n) is 3.81. The standard InChI is InChI=1S/C26H24N2O2/c1-29-21-13-9-19(10-14-21)25(23-7-3-5-17-27-23)26(24-8-4-6-18-28-24)20-11-15-22(30-2)16-12-20/h3-18,25-26H,1-2H3/t25-,26+. The molecule has 2 heterocycles. The summed E-state index contributed by atoms with van der Waals surface area (Å²) in [4.78, 5) is 9.44. The smallest absolute Gasteiger partial charge is 0.118 e. The fraction of sp³-hybridized carbons (Fsp3) is 0.154. The third-order valence-corrected chi connectivity index (χ3v) is 5.30. The molecule has 150 valence electrons. The molecule has 0 N–H and O–H groups in total. The van der Waals surface area contributed by atoms with Crippen LogP contribution in [0.25, 0.3) is 0 Å². The van der Waals surface area contributed by atoms with Crippen molar-refractivity contribution in [2.24, 2.45) is 0 Å². The highest BCUT2D eigenvalue weighted by Gasteiger charge is 2.30. The summed E-state index contributed by atoms with van der Waals surface area (Å²) < 4.78 is 10.7. The molecule has 0 aliphatic carbocycles. The van der Waals surface area contributed by atoms with Crippen LogP contribution in [0.2, 0.25) is 0 Å². The molecular formula is C26H24N2O2. The molecule has 0 unspecified atom stereocenters. The van der Waals surface area contributed by atoms with Crippen molar-refractivity contribution in [2.75, 3.05) is 14.2 Å². The fourth-order valence-corrected chi connectivity index (χ4v) is 3.81. The summed E-state index contributed by atoms with van der Waals surface area (Å²) in [7, 11) is 3.36. The Hall–Kier alpha value is -3.66. The first-order valence-electron chi connectivity index (χ1n) is 9.90. The molecule has 0 saturated carbocycles. The number of ether oxygens (including phenoxy) is 2. The Kier molecular flexibility index (Phi) is 6.04. The van der Waals surface area contributed by atoms with Crippen LogP contribution >= 0.6 is 0 Å². The van der Waals surface area contributed by atoms with Crippen LogP contribution in [0.1, 0.15) is 34.4 Å². The zero-order valence-electron chi connectivity index (χ0n) is 17.1. The van der Waals surface area contributed by atoms with E-state index in [0.29, 0.717) is 0 Å². The second kappa shape index (κ2) is 9.23. The lowest BCUT2D eigenvalue weighted by atomic mass is 9.77. The van der Waals surface area contributed by atoms with Crippen molar-refractivity contribution < 1.29 is 9.47 Å². The van der Waals surface area contributed by atoms with Crippen LogP contribution in [-0.2, 0) is 0 Å². The zero-order valence-corrected chi connectivity index (χ0v) is 17.1. The van der Waals surface area contributed by atoms with Crippen LogP contribution in [0.4, 0.5) is 0 Å². The van der Waals surface area contributed by atoms with Crippen molar-refractivity contribution in [1.29, 1.82) is 0 Å². The molecule has 0 bridgehead atoms. The third kappa shape index (κ3) is 4.18. The van der Waals surface area contributed by atoms with Gasteiger partial charge in [0.05, 0.1) is 14.2 Å². The van der Waals surface area contributed by atoms with Crippen molar-refractivity contribution >= 4 is 0 Å². The van der Waals surface area contributed by atoms with Gasteiger partial charge < -0.3 is 9.47 Å². The Bertz CT molecular complexity index is 961. The summed E-state index contributed by atoms with van der Waals surface area (Å²) in [5.74, 6) is 1.63. The van der Waals surface area contributed by atoms with E-state index in [1.165, 1.54) is 0 Å². The molecular weight excluding hydrogens is 372 g/mol. The van der Waals surface area contributed by atoms with E-state index in [9.17, 15) is 0 Å². The van der Waals surface area contributed by atoms with E-state index in [1.807, 2.05) is 60.9 Å². The monoisotopic (exact) mass is 396 g/mol. The van der Waals surface area contributed by atoms with Gasteiger partial charge >= 0.3 is 0 Å². The largest absolute Gasteiger partial charge is 0.497 e. The summed E-state index contributed by atoms with van der Waals surface area (Å²) in [6.45, 7) is 0. The van der Waals surface area contributed by atoms with Gasteiger partial charge in [-0.15, -0.1) is 0 Å². The molecule has 4 aromatic rings. The Balaban J connectivity index is 1.89. The first kappa shape index (κ1) is 19.6. The number of hydrogen-bond acceptors (Lipinski definition) is 4. The summed E-state index contributed by atoms with van der Waals surface area (Å²) in [6, 6.07) is 28.5. The quantitative estimate of drug-likeness (QED) is 0.416. The van der Waals surface area contributed by atoms with Crippen molar-refractivity contribution in [2.45, 2.75) is 11.8 Å². The van der Waals surface area contributed by atoms with Crippen LogP contribution < -0.4 is 9.47 Å². The van der Waals surface area contributed by atoms with Crippen LogP contribution in [0, 0.1) is 0 Å². The van der Waals surface area contributed by atoms with E-state index < -0.39 is 0 Å². The van der Waals surface area contributed by atoms with Crippen molar-refractivity contribution in [3.63, 3.8) is 0 Å². The number of rotatable bonds is 7. The average molecular weight is 396 g/mol. The van der Waals surface area contributed by atoms with Gasteiger partial charge in [-0.05, 0) is 59.7 Å². The molecule has 0 saturated heterocycles. The van der Waals surface area contributed by atoms with Crippen LogP contribution in [0.5, 0.6) is 11.5 Å². The Morgan fingerprint density at radius 3 is 1.23 bits per heavy atom. The normalized spacial score (nSPS) is 12.7. The van der Waals surface area contributed by atoms with Gasteiger partial charge in [-0.2, -0.15) is 0 Å². The molecule has 0 fully saturated rings. The van der Waals surface area contributed by atoms with Gasteiger partial charge in [-0.25, -0.2) is 0 Å². The van der Waals surface area contributed by atoms with Gasteiger partial charge in [0.15, 0.2) is 0 Å². The first-order valence-corrected chi connectivity index (χ1v) is 9.90. The maximum Gasteiger partial charge on any atom is 0.118 e.